The molecule has 1 aliphatic heterocycles. The molecule has 2 aromatic rings. The number of piperidine rings is 1. The topological polar surface area (TPSA) is 88.6 Å². The zero-order valence-corrected chi connectivity index (χ0v) is 15.9. The van der Waals surface area contributed by atoms with Gasteiger partial charge in [0.15, 0.2) is 5.82 Å². The van der Waals surface area contributed by atoms with Gasteiger partial charge < -0.3 is 10.2 Å². The van der Waals surface area contributed by atoms with Crippen LogP contribution in [0.2, 0.25) is 0 Å². The van der Waals surface area contributed by atoms with E-state index in [0.29, 0.717) is 16.9 Å². The second kappa shape index (κ2) is 8.51. The molecule has 138 valence electrons. The number of nitrogens with one attached hydrogen (secondary N) is 1. The first-order chi connectivity index (χ1) is 13.2. The summed E-state index contributed by atoms with van der Waals surface area (Å²) >= 11 is 0. The number of benzene rings is 1. The van der Waals surface area contributed by atoms with Crippen LogP contribution in [0, 0.1) is 22.7 Å². The smallest absolute Gasteiger partial charge is 0.167 e. The Morgan fingerprint density at radius 1 is 1.04 bits per heavy atom. The van der Waals surface area contributed by atoms with E-state index in [1.807, 2.05) is 31.2 Å². The lowest BCUT2D eigenvalue weighted by Gasteiger charge is -2.34. The van der Waals surface area contributed by atoms with Gasteiger partial charge in [0, 0.05) is 24.8 Å². The van der Waals surface area contributed by atoms with Crippen LogP contribution in [-0.4, -0.2) is 29.3 Å². The highest BCUT2D eigenvalue weighted by atomic mass is 15.2. The van der Waals surface area contributed by atoms with E-state index in [4.69, 9.17) is 5.26 Å². The monoisotopic (exact) mass is 360 g/mol. The Kier molecular flexibility index (Phi) is 5.88. The molecular weight excluding hydrogens is 336 g/mol. The summed E-state index contributed by atoms with van der Waals surface area (Å²) in [6.45, 7) is 5.94. The Balaban J connectivity index is 1.67. The Morgan fingerprint density at radius 2 is 1.74 bits per heavy atom. The maximum absolute atomic E-state index is 9.62. The van der Waals surface area contributed by atoms with Gasteiger partial charge in [-0.3, -0.25) is 0 Å². The van der Waals surface area contributed by atoms with Crippen molar-refractivity contribution in [3.8, 4) is 12.1 Å². The average Bonchev–Trinajstić information content (AvgIpc) is 2.73. The van der Waals surface area contributed by atoms with Crippen molar-refractivity contribution in [1.82, 2.24) is 10.2 Å². The Labute approximate surface area is 160 Å². The van der Waals surface area contributed by atoms with E-state index in [9.17, 15) is 5.26 Å². The van der Waals surface area contributed by atoms with Crippen molar-refractivity contribution in [3.05, 3.63) is 46.6 Å². The van der Waals surface area contributed by atoms with Gasteiger partial charge in [0.1, 0.15) is 11.6 Å². The summed E-state index contributed by atoms with van der Waals surface area (Å²) in [7, 11) is 0. The third kappa shape index (κ3) is 4.01. The zero-order valence-electron chi connectivity index (χ0n) is 15.9. The van der Waals surface area contributed by atoms with E-state index < -0.39 is 0 Å². The first-order valence-corrected chi connectivity index (χ1v) is 9.50. The molecule has 1 aromatic carbocycles. The quantitative estimate of drug-likeness (QED) is 0.879. The molecule has 0 atom stereocenters. The average molecular weight is 360 g/mol. The SMILES string of the molecule is CCc1nnc(NC2CCN(c3ccc(C#N)cc3)CC2)c(C#N)c1CC. The lowest BCUT2D eigenvalue weighted by Crippen LogP contribution is -2.39. The number of anilines is 2. The van der Waals surface area contributed by atoms with E-state index in [1.165, 1.54) is 0 Å². The molecule has 1 aliphatic rings. The highest BCUT2D eigenvalue weighted by molar-refractivity contribution is 5.57. The van der Waals surface area contributed by atoms with E-state index in [-0.39, 0.29) is 6.04 Å². The van der Waals surface area contributed by atoms with Crippen LogP contribution in [0.4, 0.5) is 11.5 Å². The van der Waals surface area contributed by atoms with Gasteiger partial charge in [0.05, 0.1) is 17.3 Å². The molecule has 1 fully saturated rings. The number of nitrogens with zero attached hydrogens (tertiary/aromatic N) is 5. The summed E-state index contributed by atoms with van der Waals surface area (Å²) in [5.74, 6) is 0.614. The molecule has 0 aliphatic carbocycles. The summed E-state index contributed by atoms with van der Waals surface area (Å²) in [5.41, 5.74) is 4.38. The molecule has 1 N–H and O–H groups in total. The molecule has 0 radical (unpaired) electrons. The summed E-state index contributed by atoms with van der Waals surface area (Å²) in [6, 6.07) is 12.5. The zero-order chi connectivity index (χ0) is 19.2. The van der Waals surface area contributed by atoms with Crippen LogP contribution in [0.25, 0.3) is 0 Å². The van der Waals surface area contributed by atoms with Crippen molar-refractivity contribution in [2.75, 3.05) is 23.3 Å². The first kappa shape index (κ1) is 18.7. The van der Waals surface area contributed by atoms with E-state index >= 15 is 0 Å². The number of hydrogen-bond donors (Lipinski definition) is 1. The van der Waals surface area contributed by atoms with Gasteiger partial charge in [-0.15, -0.1) is 5.10 Å². The minimum absolute atomic E-state index is 0.276. The minimum atomic E-state index is 0.276. The van der Waals surface area contributed by atoms with Crippen molar-refractivity contribution in [3.63, 3.8) is 0 Å². The van der Waals surface area contributed by atoms with Crippen LogP contribution >= 0.6 is 0 Å². The fraction of sp³-hybridized carbons (Fsp3) is 0.429. The molecule has 1 aromatic heterocycles. The second-order valence-corrected chi connectivity index (χ2v) is 6.73. The van der Waals surface area contributed by atoms with Crippen LogP contribution in [0.3, 0.4) is 0 Å². The van der Waals surface area contributed by atoms with Crippen LogP contribution in [-0.2, 0) is 12.8 Å². The summed E-state index contributed by atoms with van der Waals surface area (Å²) in [4.78, 5) is 2.33. The summed E-state index contributed by atoms with van der Waals surface area (Å²) < 4.78 is 0. The molecule has 6 nitrogen and oxygen atoms in total. The van der Waals surface area contributed by atoms with Gasteiger partial charge in [-0.05, 0) is 55.5 Å². The number of nitriles is 2. The van der Waals surface area contributed by atoms with Crippen LogP contribution in [0.15, 0.2) is 24.3 Å². The number of aromatic nitrogens is 2. The predicted molar refractivity (Wildman–Crippen MR) is 106 cm³/mol. The Hall–Kier alpha value is -3.12. The van der Waals surface area contributed by atoms with Crippen molar-refractivity contribution >= 4 is 11.5 Å². The number of aryl methyl sites for hydroxylation is 1. The molecule has 0 bridgehead atoms. The van der Waals surface area contributed by atoms with Gasteiger partial charge in [0.25, 0.3) is 0 Å². The van der Waals surface area contributed by atoms with E-state index in [1.54, 1.807) is 0 Å². The van der Waals surface area contributed by atoms with Crippen LogP contribution in [0.5, 0.6) is 0 Å². The van der Waals surface area contributed by atoms with Gasteiger partial charge in [-0.1, -0.05) is 13.8 Å². The molecule has 3 rings (SSSR count). The van der Waals surface area contributed by atoms with Gasteiger partial charge in [-0.2, -0.15) is 15.6 Å². The maximum atomic E-state index is 9.62. The maximum Gasteiger partial charge on any atom is 0.167 e. The lowest BCUT2D eigenvalue weighted by molar-refractivity contribution is 0.524. The molecule has 1 saturated heterocycles. The molecule has 27 heavy (non-hydrogen) atoms. The fourth-order valence-corrected chi connectivity index (χ4v) is 3.62. The fourth-order valence-electron chi connectivity index (χ4n) is 3.62. The molecule has 0 unspecified atom stereocenters. The number of hydrogen-bond acceptors (Lipinski definition) is 6. The Morgan fingerprint density at radius 3 is 2.30 bits per heavy atom. The third-order valence-corrected chi connectivity index (χ3v) is 5.16. The highest BCUT2D eigenvalue weighted by Crippen LogP contribution is 2.25. The standard InChI is InChI=1S/C21H24N6/c1-3-18-19(14-23)21(26-25-20(18)4-2)24-16-9-11-27(12-10-16)17-7-5-15(13-22)6-8-17/h5-8,16H,3-4,9-12H2,1-2H3,(H,24,26). The number of rotatable bonds is 5. The van der Waals surface area contributed by atoms with Crippen LogP contribution < -0.4 is 10.2 Å². The largest absolute Gasteiger partial charge is 0.371 e. The van der Waals surface area contributed by atoms with Crippen molar-refractivity contribution < 1.29 is 0 Å². The van der Waals surface area contributed by atoms with Gasteiger partial charge >= 0.3 is 0 Å². The minimum Gasteiger partial charge on any atom is -0.371 e. The van der Waals surface area contributed by atoms with E-state index in [2.05, 4.69) is 39.5 Å². The lowest BCUT2D eigenvalue weighted by atomic mass is 10.0. The molecular formula is C21H24N6. The van der Waals surface area contributed by atoms with Gasteiger partial charge in [0.2, 0.25) is 0 Å². The highest BCUT2D eigenvalue weighted by Gasteiger charge is 2.22. The van der Waals surface area contributed by atoms with Crippen molar-refractivity contribution in [2.45, 2.75) is 45.6 Å². The summed E-state index contributed by atoms with van der Waals surface area (Å²) in [5, 5.41) is 30.6. The second-order valence-electron chi connectivity index (χ2n) is 6.73. The normalized spacial score (nSPS) is 14.4. The predicted octanol–water partition coefficient (Wildman–Crippen LogP) is 3.43. The van der Waals surface area contributed by atoms with Crippen molar-refractivity contribution in [1.29, 1.82) is 10.5 Å². The molecule has 2 heterocycles. The van der Waals surface area contributed by atoms with Gasteiger partial charge in [-0.25, -0.2) is 0 Å². The molecule has 0 amide bonds. The summed E-state index contributed by atoms with van der Waals surface area (Å²) in [6.07, 6.45) is 3.49. The third-order valence-electron chi connectivity index (χ3n) is 5.16. The molecule has 0 saturated carbocycles. The molecule has 6 heteroatoms. The molecule has 0 spiro atoms. The van der Waals surface area contributed by atoms with Crippen LogP contribution in [0.1, 0.15) is 49.1 Å². The Bertz CT molecular complexity index is 867. The van der Waals surface area contributed by atoms with E-state index in [0.717, 1.165) is 55.7 Å². The van der Waals surface area contributed by atoms with Crippen molar-refractivity contribution in [2.24, 2.45) is 0 Å². The first-order valence-electron chi connectivity index (χ1n) is 9.50.